The zero-order valence-electron chi connectivity index (χ0n) is 13.8. The van der Waals surface area contributed by atoms with Crippen LogP contribution in [0.15, 0.2) is 6.08 Å². The van der Waals surface area contributed by atoms with Gasteiger partial charge in [-0.05, 0) is 39.2 Å². The average molecular weight is 347 g/mol. The van der Waals surface area contributed by atoms with Gasteiger partial charge in [0.1, 0.15) is 12.2 Å². The van der Waals surface area contributed by atoms with E-state index in [1.807, 2.05) is 19.9 Å². The second-order valence-electron chi connectivity index (χ2n) is 6.12. The van der Waals surface area contributed by atoms with Gasteiger partial charge in [-0.15, -0.1) is 0 Å². The Balaban J connectivity index is 2.32. The number of rotatable bonds is 5. The summed E-state index contributed by atoms with van der Waals surface area (Å²) < 4.78 is 51.8. The van der Waals surface area contributed by atoms with Crippen molar-refractivity contribution in [3.05, 3.63) is 11.9 Å². The summed E-state index contributed by atoms with van der Waals surface area (Å²) in [6.07, 6.45) is -2.46. The van der Waals surface area contributed by atoms with Crippen molar-refractivity contribution in [3.63, 3.8) is 0 Å². The first-order valence-corrected chi connectivity index (χ1v) is 7.84. The summed E-state index contributed by atoms with van der Waals surface area (Å²) in [5, 5.41) is 5.18. The van der Waals surface area contributed by atoms with E-state index in [1.54, 1.807) is 0 Å². The van der Waals surface area contributed by atoms with Gasteiger partial charge in [0.2, 0.25) is 11.9 Å². The van der Waals surface area contributed by atoms with Gasteiger partial charge in [0.15, 0.2) is 5.82 Å². The molecule has 134 valence electrons. The quantitative estimate of drug-likeness (QED) is 0.790. The molecule has 0 aromatic carbocycles. The molecule has 1 aliphatic carbocycles. The Kier molecular flexibility index (Phi) is 5.61. The maximum Gasteiger partial charge on any atom is 0.408 e. The minimum atomic E-state index is -4.42. The third kappa shape index (κ3) is 5.04. The number of allylic oxidation sites excluding steroid dienone is 2. The minimum absolute atomic E-state index is 0.0117. The van der Waals surface area contributed by atoms with Crippen LogP contribution in [0.4, 0.5) is 29.5 Å². The van der Waals surface area contributed by atoms with Gasteiger partial charge in [-0.25, -0.2) is 4.39 Å². The van der Waals surface area contributed by atoms with Gasteiger partial charge in [0, 0.05) is 12.5 Å². The molecule has 2 N–H and O–H groups in total. The van der Waals surface area contributed by atoms with Crippen LogP contribution in [0.25, 0.3) is 5.57 Å². The molecule has 24 heavy (non-hydrogen) atoms. The molecule has 9 heteroatoms. The van der Waals surface area contributed by atoms with E-state index in [9.17, 15) is 17.6 Å². The SMILES string of the molecule is CC(C)Nc1nc(N[C@H](C)C(F)(F)F)nc(C2=CCCC(F)C2)n1. The fourth-order valence-corrected chi connectivity index (χ4v) is 2.23. The van der Waals surface area contributed by atoms with Gasteiger partial charge in [-0.1, -0.05) is 6.08 Å². The van der Waals surface area contributed by atoms with Crippen LogP contribution in [0.5, 0.6) is 0 Å². The highest BCUT2D eigenvalue weighted by Crippen LogP contribution is 2.28. The van der Waals surface area contributed by atoms with E-state index < -0.39 is 18.4 Å². The molecule has 0 radical (unpaired) electrons. The molecule has 1 aromatic heterocycles. The molecule has 1 aliphatic rings. The number of nitrogens with zero attached hydrogens (tertiary/aromatic N) is 3. The molecule has 5 nitrogen and oxygen atoms in total. The molecule has 1 aromatic rings. The number of aromatic nitrogens is 3. The average Bonchev–Trinajstić information content (AvgIpc) is 2.45. The maximum atomic E-state index is 13.6. The number of halogens is 4. The van der Waals surface area contributed by atoms with E-state index in [2.05, 4.69) is 25.6 Å². The van der Waals surface area contributed by atoms with Crippen LogP contribution in [0.2, 0.25) is 0 Å². The number of nitrogens with one attached hydrogen (secondary N) is 2. The van der Waals surface area contributed by atoms with Gasteiger partial charge in [0.25, 0.3) is 0 Å². The molecule has 0 amide bonds. The molecule has 0 fully saturated rings. The van der Waals surface area contributed by atoms with E-state index in [0.717, 1.165) is 6.92 Å². The standard InChI is InChI=1S/C15H21F4N5/c1-8(2)20-13-22-12(10-5-4-6-11(16)7-10)23-14(24-13)21-9(3)15(17,18)19/h5,8-9,11H,4,6-7H2,1-3H3,(H2,20,21,22,23,24)/t9-,11?/m1/s1. The lowest BCUT2D eigenvalue weighted by atomic mass is 9.97. The van der Waals surface area contributed by atoms with Crippen molar-refractivity contribution in [1.29, 1.82) is 0 Å². The lowest BCUT2D eigenvalue weighted by molar-refractivity contribution is -0.138. The van der Waals surface area contributed by atoms with Crippen molar-refractivity contribution in [2.45, 2.75) is 64.5 Å². The van der Waals surface area contributed by atoms with Crippen molar-refractivity contribution in [2.75, 3.05) is 10.6 Å². The van der Waals surface area contributed by atoms with E-state index in [4.69, 9.17) is 0 Å². The number of alkyl halides is 4. The van der Waals surface area contributed by atoms with Gasteiger partial charge in [-0.2, -0.15) is 28.1 Å². The third-order valence-electron chi connectivity index (χ3n) is 3.49. The Morgan fingerprint density at radius 3 is 2.25 bits per heavy atom. The molecular weight excluding hydrogens is 326 g/mol. The molecule has 1 unspecified atom stereocenters. The topological polar surface area (TPSA) is 62.7 Å². The van der Waals surface area contributed by atoms with Gasteiger partial charge in [-0.3, -0.25) is 0 Å². The molecule has 0 bridgehead atoms. The van der Waals surface area contributed by atoms with Crippen molar-refractivity contribution < 1.29 is 17.6 Å². The largest absolute Gasteiger partial charge is 0.408 e. The first-order chi connectivity index (χ1) is 11.1. The van der Waals surface area contributed by atoms with E-state index in [0.29, 0.717) is 18.4 Å². The molecule has 0 saturated carbocycles. The van der Waals surface area contributed by atoms with E-state index in [-0.39, 0.29) is 30.2 Å². The Labute approximate surface area is 138 Å². The summed E-state index contributed by atoms with van der Waals surface area (Å²) in [4.78, 5) is 12.2. The normalized spacial score (nSPS) is 19.8. The van der Waals surface area contributed by atoms with Crippen molar-refractivity contribution in [3.8, 4) is 0 Å². The Bertz CT molecular complexity index is 600. The maximum absolute atomic E-state index is 13.6. The van der Waals surface area contributed by atoms with Crippen molar-refractivity contribution in [1.82, 2.24) is 15.0 Å². The minimum Gasteiger partial charge on any atom is -0.352 e. The van der Waals surface area contributed by atoms with Gasteiger partial charge < -0.3 is 10.6 Å². The Hall–Kier alpha value is -1.93. The summed E-state index contributed by atoms with van der Waals surface area (Å²) in [5.41, 5.74) is 0.589. The lowest BCUT2D eigenvalue weighted by Crippen LogP contribution is -2.34. The van der Waals surface area contributed by atoms with Crippen LogP contribution in [-0.4, -0.2) is 39.4 Å². The predicted molar refractivity (Wildman–Crippen MR) is 84.4 cm³/mol. The smallest absolute Gasteiger partial charge is 0.352 e. The molecule has 2 atom stereocenters. The van der Waals surface area contributed by atoms with E-state index >= 15 is 0 Å². The number of anilines is 2. The molecule has 0 spiro atoms. The van der Waals surface area contributed by atoms with Crippen LogP contribution in [0.1, 0.15) is 45.9 Å². The first kappa shape index (κ1) is 18.4. The summed E-state index contributed by atoms with van der Waals surface area (Å²) in [6, 6.07) is -1.82. The zero-order chi connectivity index (χ0) is 17.9. The fourth-order valence-electron chi connectivity index (χ4n) is 2.23. The Morgan fingerprint density at radius 1 is 1.08 bits per heavy atom. The molecule has 0 aliphatic heterocycles. The van der Waals surface area contributed by atoms with Crippen LogP contribution < -0.4 is 10.6 Å². The lowest BCUT2D eigenvalue weighted by Gasteiger charge is -2.20. The summed E-state index contributed by atoms with van der Waals surface area (Å²) >= 11 is 0. The monoisotopic (exact) mass is 347 g/mol. The third-order valence-corrected chi connectivity index (χ3v) is 3.49. The number of hydrogen-bond acceptors (Lipinski definition) is 5. The molecule has 2 rings (SSSR count). The fraction of sp³-hybridized carbons (Fsp3) is 0.667. The highest BCUT2D eigenvalue weighted by atomic mass is 19.4. The highest BCUT2D eigenvalue weighted by molar-refractivity contribution is 5.62. The van der Waals surface area contributed by atoms with Crippen LogP contribution >= 0.6 is 0 Å². The highest BCUT2D eigenvalue weighted by Gasteiger charge is 2.36. The van der Waals surface area contributed by atoms with Crippen molar-refractivity contribution >= 4 is 17.5 Å². The molecular formula is C15H21F4N5. The van der Waals surface area contributed by atoms with Crippen LogP contribution in [0, 0.1) is 0 Å². The van der Waals surface area contributed by atoms with Crippen LogP contribution in [0.3, 0.4) is 0 Å². The summed E-state index contributed by atoms with van der Waals surface area (Å²) in [7, 11) is 0. The van der Waals surface area contributed by atoms with Crippen molar-refractivity contribution in [2.24, 2.45) is 0 Å². The summed E-state index contributed by atoms with van der Waals surface area (Å²) in [5.74, 6) is 0.177. The second kappa shape index (κ2) is 7.31. The first-order valence-electron chi connectivity index (χ1n) is 7.84. The van der Waals surface area contributed by atoms with Gasteiger partial charge in [0.05, 0.1) is 0 Å². The van der Waals surface area contributed by atoms with Crippen LogP contribution in [-0.2, 0) is 0 Å². The second-order valence-corrected chi connectivity index (χ2v) is 6.12. The number of hydrogen-bond donors (Lipinski definition) is 2. The zero-order valence-corrected chi connectivity index (χ0v) is 13.8. The van der Waals surface area contributed by atoms with Gasteiger partial charge >= 0.3 is 6.18 Å². The molecule has 0 saturated heterocycles. The Morgan fingerprint density at radius 2 is 1.71 bits per heavy atom. The van der Waals surface area contributed by atoms with E-state index in [1.165, 1.54) is 0 Å². The molecule has 1 heterocycles. The summed E-state index contributed by atoms with van der Waals surface area (Å²) in [6.45, 7) is 4.69. The predicted octanol–water partition coefficient (Wildman–Crippen LogP) is 3.96.